The van der Waals surface area contributed by atoms with Gasteiger partial charge in [-0.2, -0.15) is 0 Å². The summed E-state index contributed by atoms with van der Waals surface area (Å²) >= 11 is 0. The van der Waals surface area contributed by atoms with Crippen molar-refractivity contribution < 1.29 is 14.3 Å². The van der Waals surface area contributed by atoms with Gasteiger partial charge in [-0.25, -0.2) is 4.79 Å². The average molecular weight is 304 g/mol. The summed E-state index contributed by atoms with van der Waals surface area (Å²) in [5, 5.41) is 3.02. The van der Waals surface area contributed by atoms with Gasteiger partial charge in [0.25, 0.3) is 5.91 Å². The summed E-state index contributed by atoms with van der Waals surface area (Å²) in [7, 11) is 0. The molecule has 1 fully saturated rings. The number of esters is 1. The topological polar surface area (TPSA) is 68.3 Å². The van der Waals surface area contributed by atoms with E-state index < -0.39 is 12.1 Å². The zero-order valence-electron chi connectivity index (χ0n) is 13.4. The number of nitrogens with zero attached hydrogens (tertiary/aromatic N) is 1. The molecule has 4 atom stereocenters. The first-order valence-electron chi connectivity index (χ1n) is 7.90. The molecule has 0 saturated heterocycles. The van der Waals surface area contributed by atoms with Crippen LogP contribution in [0.15, 0.2) is 24.5 Å². The number of pyridine rings is 1. The highest BCUT2D eigenvalue weighted by molar-refractivity contribution is 5.91. The molecule has 1 aliphatic rings. The quantitative estimate of drug-likeness (QED) is 0.868. The fourth-order valence-electron chi connectivity index (χ4n) is 2.85. The van der Waals surface area contributed by atoms with Crippen molar-refractivity contribution in [3.05, 3.63) is 30.1 Å². The number of hydrogen-bond donors (Lipinski definition) is 1. The van der Waals surface area contributed by atoms with E-state index in [1.807, 2.05) is 0 Å². The molecular weight excluding hydrogens is 280 g/mol. The van der Waals surface area contributed by atoms with Crippen LogP contribution in [0.3, 0.4) is 0 Å². The maximum atomic E-state index is 12.2. The fourth-order valence-corrected chi connectivity index (χ4v) is 2.85. The van der Waals surface area contributed by atoms with E-state index in [4.69, 9.17) is 4.74 Å². The Balaban J connectivity index is 1.88. The van der Waals surface area contributed by atoms with Crippen molar-refractivity contribution in [2.24, 2.45) is 11.8 Å². The smallest absolute Gasteiger partial charge is 0.340 e. The zero-order valence-corrected chi connectivity index (χ0v) is 13.4. The predicted octanol–water partition coefficient (Wildman–Crippen LogP) is 2.57. The molecule has 1 heterocycles. The van der Waals surface area contributed by atoms with Gasteiger partial charge in [0.15, 0.2) is 6.10 Å². The number of carbonyl (C=O) groups is 2. The molecule has 1 aromatic heterocycles. The van der Waals surface area contributed by atoms with E-state index in [1.54, 1.807) is 25.3 Å². The molecule has 22 heavy (non-hydrogen) atoms. The van der Waals surface area contributed by atoms with Crippen molar-refractivity contribution in [1.82, 2.24) is 10.3 Å². The van der Waals surface area contributed by atoms with Crippen molar-refractivity contribution in [3.8, 4) is 0 Å². The molecule has 0 aliphatic heterocycles. The number of rotatable bonds is 4. The van der Waals surface area contributed by atoms with Gasteiger partial charge in [0.05, 0.1) is 5.56 Å². The van der Waals surface area contributed by atoms with Gasteiger partial charge in [-0.05, 0) is 37.3 Å². The molecule has 1 aliphatic carbocycles. The molecule has 0 spiro atoms. The molecular formula is C17H24N2O3. The molecule has 1 aromatic rings. The van der Waals surface area contributed by atoms with Crippen LogP contribution < -0.4 is 5.32 Å². The van der Waals surface area contributed by atoms with Crippen LogP contribution in [-0.2, 0) is 9.53 Å². The van der Waals surface area contributed by atoms with Crippen molar-refractivity contribution in [2.75, 3.05) is 0 Å². The maximum absolute atomic E-state index is 12.2. The Morgan fingerprint density at radius 2 is 2.14 bits per heavy atom. The van der Waals surface area contributed by atoms with Gasteiger partial charge in [0.2, 0.25) is 0 Å². The van der Waals surface area contributed by atoms with Crippen molar-refractivity contribution >= 4 is 11.9 Å². The summed E-state index contributed by atoms with van der Waals surface area (Å²) in [6.07, 6.45) is 5.52. The molecule has 0 aromatic carbocycles. The van der Waals surface area contributed by atoms with Crippen LogP contribution in [-0.4, -0.2) is 29.0 Å². The lowest BCUT2D eigenvalue weighted by Gasteiger charge is -2.35. The third-order valence-electron chi connectivity index (χ3n) is 4.58. The van der Waals surface area contributed by atoms with Gasteiger partial charge in [-0.3, -0.25) is 9.78 Å². The summed E-state index contributed by atoms with van der Waals surface area (Å²) < 4.78 is 5.21. The van der Waals surface area contributed by atoms with Crippen molar-refractivity contribution in [3.63, 3.8) is 0 Å². The van der Waals surface area contributed by atoms with Crippen molar-refractivity contribution in [2.45, 2.75) is 52.2 Å². The Hall–Kier alpha value is -1.91. The monoisotopic (exact) mass is 304 g/mol. The molecule has 1 saturated carbocycles. The fraction of sp³-hybridized carbons (Fsp3) is 0.588. The van der Waals surface area contributed by atoms with Crippen LogP contribution in [0.1, 0.15) is 50.4 Å². The SMILES string of the molecule is C[C@@H]1[C@H](C)CCC[C@H]1NC(=O)[C@@H](C)OC(=O)c1cccnc1. The number of carbonyl (C=O) groups excluding carboxylic acids is 2. The minimum Gasteiger partial charge on any atom is -0.449 e. The van der Waals surface area contributed by atoms with Crippen LogP contribution in [0.4, 0.5) is 0 Å². The van der Waals surface area contributed by atoms with E-state index in [-0.39, 0.29) is 11.9 Å². The van der Waals surface area contributed by atoms with Crippen LogP contribution in [0.5, 0.6) is 0 Å². The average Bonchev–Trinajstić information content (AvgIpc) is 2.52. The van der Waals surface area contributed by atoms with E-state index >= 15 is 0 Å². The summed E-state index contributed by atoms with van der Waals surface area (Å²) in [5.74, 6) is 0.287. The molecule has 0 radical (unpaired) electrons. The van der Waals surface area contributed by atoms with Crippen LogP contribution in [0, 0.1) is 11.8 Å². The molecule has 0 bridgehead atoms. The second-order valence-corrected chi connectivity index (χ2v) is 6.17. The van der Waals surface area contributed by atoms with E-state index in [0.717, 1.165) is 12.8 Å². The van der Waals surface area contributed by atoms with Gasteiger partial charge in [0, 0.05) is 18.4 Å². The number of aromatic nitrogens is 1. The third-order valence-corrected chi connectivity index (χ3v) is 4.58. The molecule has 2 rings (SSSR count). The molecule has 5 nitrogen and oxygen atoms in total. The Labute approximate surface area is 131 Å². The maximum Gasteiger partial charge on any atom is 0.340 e. The summed E-state index contributed by atoms with van der Waals surface area (Å²) in [5.41, 5.74) is 0.349. The first-order chi connectivity index (χ1) is 10.5. The lowest BCUT2D eigenvalue weighted by molar-refractivity contribution is -0.130. The minimum absolute atomic E-state index is 0.163. The van der Waals surface area contributed by atoms with Gasteiger partial charge in [-0.15, -0.1) is 0 Å². The van der Waals surface area contributed by atoms with E-state index in [9.17, 15) is 9.59 Å². The van der Waals surface area contributed by atoms with E-state index in [2.05, 4.69) is 24.1 Å². The minimum atomic E-state index is -0.808. The Kier molecular flexibility index (Phi) is 5.52. The largest absolute Gasteiger partial charge is 0.449 e. The molecule has 5 heteroatoms. The standard InChI is InChI=1S/C17H24N2O3/c1-11-6-4-8-15(12(11)2)19-16(20)13(3)22-17(21)14-7-5-9-18-10-14/h5,7,9-13,15H,4,6,8H2,1-3H3,(H,19,20)/t11-,12-,13-,15-/m1/s1. The summed E-state index contributed by atoms with van der Waals surface area (Å²) in [6, 6.07) is 3.44. The number of nitrogens with one attached hydrogen (secondary N) is 1. The number of amides is 1. The summed E-state index contributed by atoms with van der Waals surface area (Å²) in [4.78, 5) is 28.0. The van der Waals surface area contributed by atoms with Gasteiger partial charge >= 0.3 is 5.97 Å². The Morgan fingerprint density at radius 3 is 2.82 bits per heavy atom. The highest BCUT2D eigenvalue weighted by Crippen LogP contribution is 2.29. The normalized spacial score (nSPS) is 26.0. The van der Waals surface area contributed by atoms with Gasteiger partial charge in [0.1, 0.15) is 0 Å². The molecule has 120 valence electrons. The molecule has 1 amide bonds. The van der Waals surface area contributed by atoms with Gasteiger partial charge < -0.3 is 10.1 Å². The van der Waals surface area contributed by atoms with Gasteiger partial charge in [-0.1, -0.05) is 26.7 Å². The first-order valence-corrected chi connectivity index (χ1v) is 7.90. The molecule has 1 N–H and O–H groups in total. The zero-order chi connectivity index (χ0) is 16.1. The first kappa shape index (κ1) is 16.5. The second-order valence-electron chi connectivity index (χ2n) is 6.17. The van der Waals surface area contributed by atoms with E-state index in [1.165, 1.54) is 12.6 Å². The Morgan fingerprint density at radius 1 is 1.36 bits per heavy atom. The Bertz CT molecular complexity index is 518. The van der Waals surface area contributed by atoms with Crippen molar-refractivity contribution in [1.29, 1.82) is 0 Å². The highest BCUT2D eigenvalue weighted by Gasteiger charge is 2.30. The predicted molar refractivity (Wildman–Crippen MR) is 83.2 cm³/mol. The van der Waals surface area contributed by atoms with E-state index in [0.29, 0.717) is 17.4 Å². The number of hydrogen-bond acceptors (Lipinski definition) is 4. The highest BCUT2D eigenvalue weighted by atomic mass is 16.5. The lowest BCUT2D eigenvalue weighted by Crippen LogP contribution is -2.47. The second kappa shape index (κ2) is 7.38. The number of ether oxygens (including phenoxy) is 1. The third kappa shape index (κ3) is 4.06. The lowest BCUT2D eigenvalue weighted by atomic mass is 9.78. The van der Waals surface area contributed by atoms with Crippen LogP contribution in [0.2, 0.25) is 0 Å². The van der Waals surface area contributed by atoms with Crippen LogP contribution in [0.25, 0.3) is 0 Å². The summed E-state index contributed by atoms with van der Waals surface area (Å²) in [6.45, 7) is 5.98. The van der Waals surface area contributed by atoms with Crippen LogP contribution >= 0.6 is 0 Å². The molecule has 0 unspecified atom stereocenters.